The molecule has 0 unspecified atom stereocenters. The Kier molecular flexibility index (Phi) is 25.7. The van der Waals surface area contributed by atoms with Crippen LogP contribution < -0.4 is 40.2 Å². The Hall–Kier alpha value is -3.78. The van der Waals surface area contributed by atoms with Gasteiger partial charge in [-0.1, -0.05) is 147 Å². The summed E-state index contributed by atoms with van der Waals surface area (Å²) < 4.78 is 77.7. The number of amides is 2. The molecule has 0 saturated carbocycles. The summed E-state index contributed by atoms with van der Waals surface area (Å²) in [5.74, 6) is 0.179. The summed E-state index contributed by atoms with van der Waals surface area (Å²) >= 11 is 4.22. The maximum absolute atomic E-state index is 13.0. The SMILES string of the molecule is C1CCOC1.CC(C)[Si]1(C(C)C)OC[C@H]2O[C@@H](n3cnc4c(NC(=O)c5ccccc5)ncnc43)[C@](O)(CCOCS)[C@@H]2O[Si](C(C)C)(C(C)C)O1.CC(C)[Si]1(C(C)C)OC[C@H]2O[C@@H](n3cnc4c(NC(=O)c5ccccc5)ncnc43)[C@]3(CCO3)[C@@H]2O[Si](C(C)C)(C(C)C)O1.[H-].[Na+]. The number of nitrogens with one attached hydrogen (secondary N) is 2. The smallest absolute Gasteiger partial charge is 1.00 e. The Labute approximate surface area is 605 Å². The molecule has 6 saturated heterocycles. The van der Waals surface area contributed by atoms with E-state index in [1.807, 2.05) is 28.8 Å². The summed E-state index contributed by atoms with van der Waals surface area (Å²) in [7, 11) is -11.5. The van der Waals surface area contributed by atoms with Crippen molar-refractivity contribution in [1.82, 2.24) is 39.0 Å². The first kappa shape index (κ1) is 77.4. The minimum Gasteiger partial charge on any atom is -1.00 e. The van der Waals surface area contributed by atoms with Crippen molar-refractivity contribution < 1.29 is 95.3 Å². The number of hydrogen-bond acceptors (Lipinski definition) is 21. The molecule has 0 radical (unpaired) electrons. The Morgan fingerprint density at radius 1 is 0.588 bits per heavy atom. The van der Waals surface area contributed by atoms with Gasteiger partial charge in [-0.25, -0.2) is 29.9 Å². The maximum atomic E-state index is 13.0. The van der Waals surface area contributed by atoms with Gasteiger partial charge in [0.05, 0.1) is 45.0 Å². The number of benzene rings is 2. The molecule has 4 aromatic heterocycles. The Morgan fingerprint density at radius 3 is 1.37 bits per heavy atom. The van der Waals surface area contributed by atoms with Crippen molar-refractivity contribution in [1.29, 1.82) is 0 Å². The van der Waals surface area contributed by atoms with Gasteiger partial charge in [-0.05, 0) is 81.4 Å². The van der Waals surface area contributed by atoms with E-state index in [0.717, 1.165) is 19.6 Å². The molecule has 2 amide bonds. The fraction of sp³-hybridized carbons (Fsp3) is 0.642. The molecule has 24 nitrogen and oxygen atoms in total. The minimum atomic E-state index is -3.09. The minimum absolute atomic E-state index is 0. The van der Waals surface area contributed by atoms with E-state index in [9.17, 15) is 14.7 Å². The molecular weight excluding hydrogens is 1340 g/mol. The molecule has 10 heterocycles. The van der Waals surface area contributed by atoms with Crippen LogP contribution in [0.25, 0.3) is 22.3 Å². The molecule has 8 atom stereocenters. The van der Waals surface area contributed by atoms with E-state index in [1.54, 1.807) is 53.6 Å². The fourth-order valence-corrected chi connectivity index (χ4v) is 37.3. The number of fused-ring (bicyclic) bond motifs is 5. The van der Waals surface area contributed by atoms with Gasteiger partial charge in [-0.2, -0.15) is 12.6 Å². The number of aliphatic hydroxyl groups is 1. The van der Waals surface area contributed by atoms with Crippen LogP contribution in [0.3, 0.4) is 0 Å². The van der Waals surface area contributed by atoms with E-state index in [4.69, 9.17) is 49.6 Å². The van der Waals surface area contributed by atoms with Crippen LogP contribution in [0.1, 0.15) is 171 Å². The molecule has 6 aliphatic heterocycles. The van der Waals surface area contributed by atoms with E-state index in [1.165, 1.54) is 25.5 Å². The van der Waals surface area contributed by atoms with Gasteiger partial charge in [-0.3, -0.25) is 18.7 Å². The third kappa shape index (κ3) is 15.1. The summed E-state index contributed by atoms with van der Waals surface area (Å²) in [6.45, 7) is 38.3. The van der Waals surface area contributed by atoms with Crippen molar-refractivity contribution in [3.63, 3.8) is 0 Å². The standard InChI is InChI=1S/C32H49N5O7SSi2.C31H45N5O6Si2.C4H8O.Na.H/c1-20(2)46(21(3)4)41-16-25-27(43-47(44-46,22(5)6)23(7)8)32(39,14-15-40-19-45)31(42-25)37-18-35-26-28(33-17-34-29(26)37)36-30(38)24-12-10-9-11-13-24;1-19(2)43(20(3)4)39-16-24-26(41-44(42-43,21(5)6)22(7)8)31(14-15-38-31)30(40-24)36-18-34-25-27(32-17-33-28(25)36)35-29(37)23-12-10-9-11-13-23;1-2-4-5-3-1;;/h9-13,17-18,20-23,25,27,31,39,45H,14-16,19H2,1-8H3,(H,33,34,36,38);9-13,17-22,24,26,30H,14-16H2,1-8H3,(H,32,33,35,37);1-4H2;;/q;;;+1;-1/t25-,27-,31-,32+;24-,26-,30-,31+;;;/m11.../s1. The van der Waals surface area contributed by atoms with Crippen molar-refractivity contribution >= 4 is 92.7 Å². The number of aromatic nitrogens is 8. The van der Waals surface area contributed by atoms with Gasteiger partial charge in [-0.15, -0.1) is 0 Å². The molecule has 3 N–H and O–H groups in total. The third-order valence-corrected chi connectivity index (χ3v) is 40.6. The third-order valence-electron chi connectivity index (χ3n) is 19.9. The second kappa shape index (κ2) is 32.3. The molecule has 6 aliphatic rings. The van der Waals surface area contributed by atoms with E-state index in [2.05, 4.69) is 164 Å². The summed E-state index contributed by atoms with van der Waals surface area (Å²) in [6.07, 6.45) is 5.82. The first-order chi connectivity index (χ1) is 45.8. The fourth-order valence-electron chi connectivity index (χ4n) is 14.7. The Morgan fingerprint density at radius 2 is 0.990 bits per heavy atom. The summed E-state index contributed by atoms with van der Waals surface area (Å²) in [6, 6.07) is 17.9. The normalized spacial score (nSPS) is 26.4. The van der Waals surface area contributed by atoms with Crippen molar-refractivity contribution in [2.24, 2.45) is 0 Å². The molecule has 1 spiro atoms. The summed E-state index contributed by atoms with van der Waals surface area (Å²) in [5.41, 5.74) is 1.68. The van der Waals surface area contributed by atoms with Crippen molar-refractivity contribution in [3.05, 3.63) is 97.1 Å². The first-order valence-corrected chi connectivity index (χ1v) is 42.8. The average molecular weight is 1440 g/mol. The second-order valence-electron chi connectivity index (χ2n) is 28.5. The predicted molar refractivity (Wildman–Crippen MR) is 379 cm³/mol. The molecule has 528 valence electrons. The van der Waals surface area contributed by atoms with Gasteiger partial charge < -0.3 is 66.8 Å². The molecule has 6 aromatic rings. The molecule has 0 aliphatic carbocycles. The maximum Gasteiger partial charge on any atom is 1.00 e. The van der Waals surface area contributed by atoms with Gasteiger partial charge in [0.2, 0.25) is 0 Å². The van der Waals surface area contributed by atoms with Crippen molar-refractivity contribution in [2.75, 3.05) is 56.2 Å². The number of carbonyl (C=O) groups is 2. The van der Waals surface area contributed by atoms with Gasteiger partial charge in [0.1, 0.15) is 48.3 Å². The number of anilines is 2. The zero-order valence-corrected chi connectivity index (χ0v) is 66.6. The number of carbonyl (C=O) groups excluding carboxylic acids is 2. The van der Waals surface area contributed by atoms with Gasteiger partial charge in [0.25, 0.3) is 11.8 Å². The Bertz CT molecular complexity index is 3540. The molecule has 0 bridgehead atoms. The topological polar surface area (TPSA) is 267 Å². The number of thiol groups is 1. The van der Waals surface area contributed by atoms with Crippen LogP contribution in [-0.4, -0.2) is 171 Å². The number of ether oxygens (including phenoxy) is 5. The monoisotopic (exact) mass is 1440 g/mol. The zero-order valence-electron chi connectivity index (χ0n) is 60.7. The summed E-state index contributed by atoms with van der Waals surface area (Å²) in [4.78, 5) is 52.9. The Balaban J connectivity index is 0.000000229. The van der Waals surface area contributed by atoms with Gasteiger partial charge >= 0.3 is 63.8 Å². The number of rotatable bonds is 18. The van der Waals surface area contributed by atoms with Crippen LogP contribution in [-0.2, 0) is 49.6 Å². The van der Waals surface area contributed by atoms with Crippen LogP contribution in [0.5, 0.6) is 0 Å². The number of nitrogens with zero attached hydrogens (tertiary/aromatic N) is 8. The second-order valence-corrected chi connectivity index (χ2v) is 46.4. The van der Waals surface area contributed by atoms with Crippen LogP contribution in [0, 0.1) is 0 Å². The van der Waals surface area contributed by atoms with Crippen LogP contribution in [0.15, 0.2) is 86.0 Å². The van der Waals surface area contributed by atoms with Gasteiger partial charge in [0, 0.05) is 37.2 Å². The molecule has 2 aromatic carbocycles. The quantitative estimate of drug-likeness (QED) is 0.0270. The average Bonchev–Trinajstić information content (AvgIpc) is 1.53. The van der Waals surface area contributed by atoms with Crippen LogP contribution >= 0.6 is 12.6 Å². The van der Waals surface area contributed by atoms with Crippen LogP contribution in [0.2, 0.25) is 44.3 Å². The zero-order chi connectivity index (χ0) is 69.1. The van der Waals surface area contributed by atoms with Gasteiger partial charge in [0.15, 0.2) is 46.4 Å². The van der Waals surface area contributed by atoms with Crippen molar-refractivity contribution in [3.8, 4) is 0 Å². The number of hydrogen-bond donors (Lipinski definition) is 4. The summed E-state index contributed by atoms with van der Waals surface area (Å²) in [5, 5.41) is 18.6. The first-order valence-electron chi connectivity index (χ1n) is 34.3. The van der Waals surface area contributed by atoms with E-state index >= 15 is 0 Å². The molecule has 97 heavy (non-hydrogen) atoms. The predicted octanol–water partition coefficient (Wildman–Crippen LogP) is 9.96. The molecule has 12 rings (SSSR count). The van der Waals surface area contributed by atoms with E-state index < -0.39 is 70.1 Å². The largest absolute Gasteiger partial charge is 1.00 e. The number of imidazole rings is 2. The van der Waals surface area contributed by atoms with E-state index in [0.29, 0.717) is 52.5 Å². The molecule has 6 fully saturated rings. The van der Waals surface area contributed by atoms with E-state index in [-0.39, 0.29) is 131 Å². The molecule has 30 heteroatoms. The van der Waals surface area contributed by atoms with Crippen molar-refractivity contribution in [2.45, 2.75) is 229 Å². The van der Waals surface area contributed by atoms with Crippen LogP contribution in [0.4, 0.5) is 11.6 Å². The molecular formula is C67H103N10NaO14SSi4.